The lowest BCUT2D eigenvalue weighted by Crippen LogP contribution is -2.16. The monoisotopic (exact) mass is 403 g/mol. The highest BCUT2D eigenvalue weighted by Crippen LogP contribution is 2.34. The van der Waals surface area contributed by atoms with E-state index in [0.29, 0.717) is 0 Å². The molecular formula is C17H16ClF2NO6. The summed E-state index contributed by atoms with van der Waals surface area (Å²) in [7, 11) is 1.27. The van der Waals surface area contributed by atoms with Crippen LogP contribution in [0.15, 0.2) is 24.3 Å². The highest BCUT2D eigenvalue weighted by atomic mass is 35.5. The van der Waals surface area contributed by atoms with Gasteiger partial charge in [-0.15, -0.1) is 0 Å². The van der Waals surface area contributed by atoms with Crippen LogP contribution in [0, 0.1) is 21.7 Å². The Labute approximate surface area is 157 Å². The van der Waals surface area contributed by atoms with Crippen LogP contribution in [-0.2, 0) is 13.0 Å². The van der Waals surface area contributed by atoms with Gasteiger partial charge in [0.25, 0.3) is 5.69 Å². The summed E-state index contributed by atoms with van der Waals surface area (Å²) in [5, 5.41) is 29.5. The van der Waals surface area contributed by atoms with Crippen molar-refractivity contribution in [1.29, 1.82) is 0 Å². The van der Waals surface area contributed by atoms with E-state index in [1.165, 1.54) is 19.2 Å². The summed E-state index contributed by atoms with van der Waals surface area (Å²) >= 11 is 5.86. The number of nitro groups is 1. The van der Waals surface area contributed by atoms with E-state index in [-0.39, 0.29) is 34.1 Å². The number of methoxy groups -OCH3 is 1. The number of benzene rings is 2. The fourth-order valence-corrected chi connectivity index (χ4v) is 2.64. The number of ether oxygens (including phenoxy) is 2. The molecule has 2 aromatic rings. The lowest BCUT2D eigenvalue weighted by Gasteiger charge is -2.16. The molecule has 0 bridgehead atoms. The first-order valence-electron chi connectivity index (χ1n) is 7.67. The molecule has 146 valence electrons. The van der Waals surface area contributed by atoms with Gasteiger partial charge in [0, 0.05) is 6.42 Å². The highest BCUT2D eigenvalue weighted by molar-refractivity contribution is 6.32. The molecule has 7 nitrogen and oxygen atoms in total. The summed E-state index contributed by atoms with van der Waals surface area (Å²) in [6.45, 7) is -1.05. The molecule has 2 N–H and O–H groups in total. The lowest BCUT2D eigenvalue weighted by atomic mass is 10.1. The maximum atomic E-state index is 14.1. The van der Waals surface area contributed by atoms with Gasteiger partial charge in [0.15, 0.2) is 11.6 Å². The molecule has 0 amide bonds. The molecule has 0 fully saturated rings. The first-order valence-corrected chi connectivity index (χ1v) is 8.05. The van der Waals surface area contributed by atoms with Crippen LogP contribution in [0.4, 0.5) is 14.5 Å². The zero-order chi connectivity index (χ0) is 20.1. The zero-order valence-corrected chi connectivity index (χ0v) is 14.9. The maximum absolute atomic E-state index is 14.1. The fraction of sp³-hybridized carbons (Fsp3) is 0.294. The predicted octanol–water partition coefficient (Wildman–Crippen LogP) is 3.01. The molecule has 0 aliphatic heterocycles. The second kappa shape index (κ2) is 8.94. The average molecular weight is 404 g/mol. The third-order valence-electron chi connectivity index (χ3n) is 3.74. The Morgan fingerprint density at radius 3 is 2.59 bits per heavy atom. The minimum Gasteiger partial charge on any atom is -0.496 e. The number of aliphatic hydroxyl groups excluding tert-OH is 2. The first kappa shape index (κ1) is 20.8. The van der Waals surface area contributed by atoms with Crippen LogP contribution in [-0.4, -0.2) is 35.0 Å². The van der Waals surface area contributed by atoms with E-state index in [4.69, 9.17) is 26.2 Å². The molecule has 0 saturated heterocycles. The Morgan fingerprint density at radius 1 is 1.30 bits per heavy atom. The van der Waals surface area contributed by atoms with E-state index in [9.17, 15) is 24.0 Å². The van der Waals surface area contributed by atoms with Crippen molar-refractivity contribution in [2.24, 2.45) is 0 Å². The van der Waals surface area contributed by atoms with Crippen molar-refractivity contribution in [2.45, 2.75) is 19.1 Å². The highest BCUT2D eigenvalue weighted by Gasteiger charge is 2.21. The van der Waals surface area contributed by atoms with Gasteiger partial charge < -0.3 is 19.7 Å². The summed E-state index contributed by atoms with van der Waals surface area (Å²) in [5.74, 6) is -2.30. The Hall–Kier alpha value is -2.49. The van der Waals surface area contributed by atoms with Gasteiger partial charge in [0.05, 0.1) is 36.4 Å². The largest absolute Gasteiger partial charge is 0.496 e. The van der Waals surface area contributed by atoms with Gasteiger partial charge in [-0.25, -0.2) is 8.78 Å². The molecule has 0 aliphatic rings. The number of nitrogens with zero attached hydrogens (tertiary/aromatic N) is 1. The molecule has 2 rings (SSSR count). The van der Waals surface area contributed by atoms with Crippen LogP contribution < -0.4 is 9.47 Å². The Morgan fingerprint density at radius 2 is 2.00 bits per heavy atom. The van der Waals surface area contributed by atoms with Crippen molar-refractivity contribution in [3.05, 3.63) is 62.2 Å². The molecular weight excluding hydrogens is 388 g/mol. The van der Waals surface area contributed by atoms with E-state index in [0.717, 1.165) is 12.1 Å². The van der Waals surface area contributed by atoms with Crippen LogP contribution >= 0.6 is 11.6 Å². The van der Waals surface area contributed by atoms with E-state index in [1.54, 1.807) is 0 Å². The van der Waals surface area contributed by atoms with Crippen molar-refractivity contribution in [2.75, 3.05) is 13.7 Å². The number of aliphatic hydroxyl groups is 2. The molecule has 10 heteroatoms. The lowest BCUT2D eigenvalue weighted by molar-refractivity contribution is -0.384. The van der Waals surface area contributed by atoms with Gasteiger partial charge in [-0.2, -0.15) is 0 Å². The van der Waals surface area contributed by atoms with Gasteiger partial charge in [-0.1, -0.05) is 11.6 Å². The van der Waals surface area contributed by atoms with Gasteiger partial charge in [-0.05, 0) is 23.8 Å². The van der Waals surface area contributed by atoms with Crippen LogP contribution in [0.2, 0.25) is 5.02 Å². The molecule has 0 aromatic heterocycles. The van der Waals surface area contributed by atoms with Crippen LogP contribution in [0.5, 0.6) is 11.5 Å². The number of rotatable bonds is 8. The summed E-state index contributed by atoms with van der Waals surface area (Å²) in [5.41, 5.74) is -0.424. The minimum atomic E-state index is -1.17. The molecule has 0 aliphatic carbocycles. The quantitative estimate of drug-likeness (QED) is 0.519. The van der Waals surface area contributed by atoms with E-state index in [1.807, 2.05) is 0 Å². The predicted molar refractivity (Wildman–Crippen MR) is 92.1 cm³/mol. The van der Waals surface area contributed by atoms with Crippen LogP contribution in [0.25, 0.3) is 0 Å². The fourth-order valence-electron chi connectivity index (χ4n) is 2.39. The number of halogens is 3. The van der Waals surface area contributed by atoms with Gasteiger partial charge >= 0.3 is 0 Å². The van der Waals surface area contributed by atoms with Gasteiger partial charge in [-0.3, -0.25) is 10.1 Å². The number of hydrogen-bond acceptors (Lipinski definition) is 6. The van der Waals surface area contributed by atoms with Crippen molar-refractivity contribution >= 4 is 17.3 Å². The van der Waals surface area contributed by atoms with Crippen LogP contribution in [0.1, 0.15) is 11.1 Å². The Kier molecular flexibility index (Phi) is 6.89. The Balaban J connectivity index is 2.41. The standard InChI is InChI=1S/C17H16ClF2NO6/c1-26-15-3-2-13(19)17(20)11(15)8-27-16-6-14(21(24)25)12(18)5-9(16)4-10(23)7-22/h2-3,5-6,10,22-23H,4,7-8H2,1H3. The summed E-state index contributed by atoms with van der Waals surface area (Å²) in [6.07, 6.45) is -1.28. The molecule has 0 heterocycles. The molecule has 0 spiro atoms. The van der Waals surface area contributed by atoms with Crippen LogP contribution in [0.3, 0.4) is 0 Å². The molecule has 0 radical (unpaired) electrons. The molecule has 0 saturated carbocycles. The topological polar surface area (TPSA) is 102 Å². The molecule has 1 unspecified atom stereocenters. The minimum absolute atomic E-state index is 0.0364. The smallest absolute Gasteiger partial charge is 0.291 e. The normalized spacial score (nSPS) is 11.9. The van der Waals surface area contributed by atoms with Crippen molar-refractivity contribution in [3.8, 4) is 11.5 Å². The van der Waals surface area contributed by atoms with E-state index >= 15 is 0 Å². The SMILES string of the molecule is COc1ccc(F)c(F)c1COc1cc([N+](=O)[O-])c(Cl)cc1CC(O)CO. The number of hydrogen-bond donors (Lipinski definition) is 2. The van der Waals surface area contributed by atoms with Gasteiger partial charge in [0.1, 0.15) is 23.1 Å². The van der Waals surface area contributed by atoms with Crippen molar-refractivity contribution < 1.29 is 33.4 Å². The van der Waals surface area contributed by atoms with Gasteiger partial charge in [0.2, 0.25) is 0 Å². The molecule has 1 atom stereocenters. The summed E-state index contributed by atoms with van der Waals surface area (Å²) < 4.78 is 38.0. The van der Waals surface area contributed by atoms with E-state index in [2.05, 4.69) is 0 Å². The third-order valence-corrected chi connectivity index (χ3v) is 4.04. The van der Waals surface area contributed by atoms with Crippen molar-refractivity contribution in [1.82, 2.24) is 0 Å². The summed E-state index contributed by atoms with van der Waals surface area (Å²) in [4.78, 5) is 10.4. The second-order valence-corrected chi connectivity index (χ2v) is 5.95. The maximum Gasteiger partial charge on any atom is 0.291 e. The number of nitro benzene ring substituents is 1. The third kappa shape index (κ3) is 4.82. The molecule has 2 aromatic carbocycles. The average Bonchev–Trinajstić information content (AvgIpc) is 2.63. The Bertz CT molecular complexity index is 849. The zero-order valence-electron chi connectivity index (χ0n) is 14.1. The summed E-state index contributed by atoms with van der Waals surface area (Å²) in [6, 6.07) is 4.35. The van der Waals surface area contributed by atoms with E-state index < -0.39 is 41.6 Å². The molecule has 27 heavy (non-hydrogen) atoms. The second-order valence-electron chi connectivity index (χ2n) is 5.54. The van der Waals surface area contributed by atoms with Crippen molar-refractivity contribution in [3.63, 3.8) is 0 Å². The first-order chi connectivity index (χ1) is 12.8.